The Kier molecular flexibility index (Phi) is 4.78. The smallest absolute Gasteiger partial charge is 0.240 e. The van der Waals surface area contributed by atoms with Gasteiger partial charge in [-0.25, -0.2) is 13.1 Å². The van der Waals surface area contributed by atoms with Crippen LogP contribution in [0.4, 0.5) is 0 Å². The molecule has 0 radical (unpaired) electrons. The van der Waals surface area contributed by atoms with Gasteiger partial charge in [0.25, 0.3) is 0 Å². The van der Waals surface area contributed by atoms with Gasteiger partial charge in [0.1, 0.15) is 0 Å². The van der Waals surface area contributed by atoms with Crippen molar-refractivity contribution in [1.82, 2.24) is 9.62 Å². The highest BCUT2D eigenvalue weighted by molar-refractivity contribution is 7.89. The van der Waals surface area contributed by atoms with E-state index in [1.807, 2.05) is 35.2 Å². The van der Waals surface area contributed by atoms with Crippen LogP contribution in [0.5, 0.6) is 0 Å². The zero-order valence-corrected chi connectivity index (χ0v) is 16.0. The van der Waals surface area contributed by atoms with E-state index < -0.39 is 10.0 Å². The zero-order chi connectivity index (χ0) is 18.9. The lowest BCUT2D eigenvalue weighted by Crippen LogP contribution is -2.49. The maximum atomic E-state index is 13.1. The molecule has 1 heterocycles. The lowest BCUT2D eigenvalue weighted by Gasteiger charge is -2.34. The van der Waals surface area contributed by atoms with Crippen molar-refractivity contribution in [2.45, 2.75) is 42.0 Å². The number of piperidine rings is 1. The van der Waals surface area contributed by atoms with Crippen LogP contribution in [-0.4, -0.2) is 38.4 Å². The summed E-state index contributed by atoms with van der Waals surface area (Å²) in [6.07, 6.45) is 3.08. The molecule has 1 amide bonds. The summed E-state index contributed by atoms with van der Waals surface area (Å²) in [5.74, 6) is 0.193. The van der Waals surface area contributed by atoms with Crippen molar-refractivity contribution in [2.75, 3.05) is 13.1 Å². The summed E-state index contributed by atoms with van der Waals surface area (Å²) in [7, 11) is -3.51. The molecule has 1 saturated heterocycles. The quantitative estimate of drug-likeness (QED) is 0.862. The highest BCUT2D eigenvalue weighted by Crippen LogP contribution is 2.49. The van der Waals surface area contributed by atoms with Gasteiger partial charge in [-0.15, -0.1) is 0 Å². The molecule has 2 aromatic carbocycles. The molecule has 27 heavy (non-hydrogen) atoms. The lowest BCUT2D eigenvalue weighted by molar-refractivity contribution is -0.135. The molecular formula is C21H24N2O3S. The molecule has 0 bridgehead atoms. The summed E-state index contributed by atoms with van der Waals surface area (Å²) in [6, 6.07) is 18.3. The Morgan fingerprint density at radius 3 is 2.04 bits per heavy atom. The first kappa shape index (κ1) is 18.2. The third kappa shape index (κ3) is 3.64. The second-order valence-electron chi connectivity index (χ2n) is 7.45. The normalized spacial score (nSPS) is 19.6. The molecule has 1 N–H and O–H groups in total. The standard InChI is InChI=1S/C21H24N2O3S/c24-20(21(13-14-21)17-7-3-1-4-8-17)23-15-11-18(12-16-23)22-27(25,26)19-9-5-2-6-10-19/h1-10,18,22H,11-16H2. The van der Waals surface area contributed by atoms with E-state index in [4.69, 9.17) is 0 Å². The van der Waals surface area contributed by atoms with Crippen LogP contribution in [0.15, 0.2) is 65.6 Å². The van der Waals surface area contributed by atoms with E-state index in [9.17, 15) is 13.2 Å². The van der Waals surface area contributed by atoms with E-state index in [1.165, 1.54) is 0 Å². The highest BCUT2D eigenvalue weighted by atomic mass is 32.2. The first-order valence-electron chi connectivity index (χ1n) is 9.44. The molecule has 2 fully saturated rings. The van der Waals surface area contributed by atoms with Crippen LogP contribution in [0.1, 0.15) is 31.2 Å². The van der Waals surface area contributed by atoms with Crippen LogP contribution in [0, 0.1) is 0 Å². The fourth-order valence-corrected chi connectivity index (χ4v) is 5.22. The minimum atomic E-state index is -3.51. The van der Waals surface area contributed by atoms with Gasteiger partial charge in [-0.3, -0.25) is 4.79 Å². The largest absolute Gasteiger partial charge is 0.342 e. The summed E-state index contributed by atoms with van der Waals surface area (Å²) in [5.41, 5.74) is 0.749. The molecule has 0 unspecified atom stereocenters. The number of likely N-dealkylation sites (tertiary alicyclic amines) is 1. The molecule has 4 rings (SSSR count). The van der Waals surface area contributed by atoms with E-state index in [-0.39, 0.29) is 22.3 Å². The van der Waals surface area contributed by atoms with E-state index >= 15 is 0 Å². The molecule has 2 aromatic rings. The van der Waals surface area contributed by atoms with Gasteiger partial charge in [0.05, 0.1) is 10.3 Å². The predicted octanol–water partition coefficient (Wildman–Crippen LogP) is 2.69. The van der Waals surface area contributed by atoms with E-state index in [0.717, 1.165) is 18.4 Å². The van der Waals surface area contributed by atoms with Crippen LogP contribution < -0.4 is 4.72 Å². The summed E-state index contributed by atoms with van der Waals surface area (Å²) < 4.78 is 27.7. The van der Waals surface area contributed by atoms with E-state index in [2.05, 4.69) is 4.72 Å². The predicted molar refractivity (Wildman–Crippen MR) is 104 cm³/mol. The number of hydrogen-bond donors (Lipinski definition) is 1. The molecular weight excluding hydrogens is 360 g/mol. The summed E-state index contributed by atoms with van der Waals surface area (Å²) >= 11 is 0. The van der Waals surface area contributed by atoms with Gasteiger partial charge in [0.2, 0.25) is 15.9 Å². The molecule has 1 aliphatic carbocycles. The topological polar surface area (TPSA) is 66.5 Å². The van der Waals surface area contributed by atoms with Crippen molar-refractivity contribution in [3.8, 4) is 0 Å². The van der Waals surface area contributed by atoms with Gasteiger partial charge in [0, 0.05) is 19.1 Å². The van der Waals surface area contributed by atoms with Crippen molar-refractivity contribution < 1.29 is 13.2 Å². The van der Waals surface area contributed by atoms with Crippen LogP contribution in [0.3, 0.4) is 0 Å². The summed E-state index contributed by atoms with van der Waals surface area (Å²) in [5, 5.41) is 0. The Balaban J connectivity index is 1.38. The van der Waals surface area contributed by atoms with Crippen LogP contribution >= 0.6 is 0 Å². The first-order chi connectivity index (χ1) is 13.0. The fraction of sp³-hybridized carbons (Fsp3) is 0.381. The molecule has 0 aromatic heterocycles. The Labute approximate surface area is 160 Å². The minimum absolute atomic E-state index is 0.133. The monoisotopic (exact) mass is 384 g/mol. The first-order valence-corrected chi connectivity index (χ1v) is 10.9. The maximum Gasteiger partial charge on any atom is 0.240 e. The highest BCUT2D eigenvalue weighted by Gasteiger charge is 2.53. The molecule has 0 atom stereocenters. The molecule has 2 aliphatic rings. The van der Waals surface area contributed by atoms with Crippen LogP contribution in [0.2, 0.25) is 0 Å². The maximum absolute atomic E-state index is 13.1. The Morgan fingerprint density at radius 2 is 1.48 bits per heavy atom. The third-order valence-electron chi connectivity index (χ3n) is 5.64. The summed E-state index contributed by atoms with van der Waals surface area (Å²) in [4.78, 5) is 15.3. The van der Waals surface area contributed by atoms with Crippen molar-refractivity contribution in [3.63, 3.8) is 0 Å². The minimum Gasteiger partial charge on any atom is -0.342 e. The van der Waals surface area contributed by atoms with Gasteiger partial charge < -0.3 is 4.90 Å². The average Bonchev–Trinajstić information content (AvgIpc) is 3.51. The number of amides is 1. The van der Waals surface area contributed by atoms with Crippen molar-refractivity contribution in [3.05, 3.63) is 66.2 Å². The number of hydrogen-bond acceptors (Lipinski definition) is 3. The number of nitrogens with one attached hydrogen (secondary N) is 1. The second-order valence-corrected chi connectivity index (χ2v) is 9.16. The molecule has 0 spiro atoms. The lowest BCUT2D eigenvalue weighted by atomic mass is 9.93. The number of rotatable bonds is 5. The molecule has 1 saturated carbocycles. The third-order valence-corrected chi connectivity index (χ3v) is 7.18. The van der Waals surface area contributed by atoms with Gasteiger partial charge >= 0.3 is 0 Å². The number of carbonyl (C=O) groups is 1. The zero-order valence-electron chi connectivity index (χ0n) is 15.2. The van der Waals surface area contributed by atoms with Gasteiger partial charge in [-0.05, 0) is 43.4 Å². The Bertz CT molecular complexity index is 901. The van der Waals surface area contributed by atoms with E-state index in [1.54, 1.807) is 30.3 Å². The molecule has 6 heteroatoms. The SMILES string of the molecule is O=C(N1CCC(NS(=O)(=O)c2ccccc2)CC1)C1(c2ccccc2)CC1. The van der Waals surface area contributed by atoms with Crippen LogP contribution in [-0.2, 0) is 20.2 Å². The number of benzene rings is 2. The van der Waals surface area contributed by atoms with Crippen LogP contribution in [0.25, 0.3) is 0 Å². The van der Waals surface area contributed by atoms with Crippen molar-refractivity contribution in [2.24, 2.45) is 0 Å². The fourth-order valence-electron chi connectivity index (χ4n) is 3.90. The number of nitrogens with zero attached hydrogens (tertiary/aromatic N) is 1. The summed E-state index contributed by atoms with van der Waals surface area (Å²) in [6.45, 7) is 1.19. The number of carbonyl (C=O) groups excluding carboxylic acids is 1. The Hall–Kier alpha value is -2.18. The van der Waals surface area contributed by atoms with Crippen molar-refractivity contribution >= 4 is 15.9 Å². The van der Waals surface area contributed by atoms with Crippen molar-refractivity contribution in [1.29, 1.82) is 0 Å². The molecule has 5 nitrogen and oxygen atoms in total. The Morgan fingerprint density at radius 1 is 0.926 bits per heavy atom. The van der Waals surface area contributed by atoms with Gasteiger partial charge in [-0.1, -0.05) is 48.5 Å². The van der Waals surface area contributed by atoms with Gasteiger partial charge in [-0.2, -0.15) is 0 Å². The number of sulfonamides is 1. The second kappa shape index (κ2) is 7.09. The van der Waals surface area contributed by atoms with E-state index in [0.29, 0.717) is 25.9 Å². The average molecular weight is 385 g/mol. The van der Waals surface area contributed by atoms with Gasteiger partial charge in [0.15, 0.2) is 0 Å². The molecule has 142 valence electrons. The molecule has 1 aliphatic heterocycles.